The van der Waals surface area contributed by atoms with Gasteiger partial charge in [-0.3, -0.25) is 9.59 Å². The van der Waals surface area contributed by atoms with Crippen LogP contribution >= 0.6 is 22.6 Å². The average Bonchev–Trinajstić information content (AvgIpc) is 3.23. The maximum Gasteiger partial charge on any atom is 0.254 e. The highest BCUT2D eigenvalue weighted by molar-refractivity contribution is 14.1. The van der Waals surface area contributed by atoms with E-state index in [1.165, 1.54) is 13.3 Å². The number of phenolic OH excluding ortho intramolecular Hbond substituents is 1. The van der Waals surface area contributed by atoms with Crippen LogP contribution in [0.1, 0.15) is 18.4 Å². The molecule has 6 nitrogen and oxygen atoms in total. The van der Waals surface area contributed by atoms with Crippen molar-refractivity contribution in [2.45, 2.75) is 12.8 Å². The fraction of sp³-hybridized carbons (Fsp3) is 0.421. The van der Waals surface area contributed by atoms with Crippen LogP contribution in [-0.4, -0.2) is 35.3 Å². The highest BCUT2D eigenvalue weighted by atomic mass is 127. The van der Waals surface area contributed by atoms with Crippen molar-refractivity contribution in [3.05, 3.63) is 33.4 Å². The van der Waals surface area contributed by atoms with Crippen molar-refractivity contribution in [3.63, 3.8) is 0 Å². The number of hydrogen-bond donors (Lipinski definition) is 1. The highest BCUT2D eigenvalue weighted by Gasteiger charge is 2.73. The molecule has 1 aromatic carbocycles. The van der Waals surface area contributed by atoms with Gasteiger partial charge in [0.2, 0.25) is 0 Å². The van der Waals surface area contributed by atoms with E-state index in [4.69, 9.17) is 4.74 Å². The number of hydrogen-bond acceptors (Lipinski definition) is 5. The number of fused-ring (bicyclic) bond motifs is 3. The Hall–Kier alpha value is -1.90. The molecule has 1 spiro atoms. The molecule has 0 aromatic heterocycles. The molecule has 2 saturated carbocycles. The number of allylic oxidation sites excluding steroid dienone is 2. The van der Waals surface area contributed by atoms with Crippen molar-refractivity contribution in [1.29, 1.82) is 0 Å². The van der Waals surface area contributed by atoms with Gasteiger partial charge in [0.05, 0.1) is 28.7 Å². The van der Waals surface area contributed by atoms with Gasteiger partial charge in [-0.05, 0) is 70.4 Å². The monoisotopic (exact) mass is 464 g/mol. The highest BCUT2D eigenvalue weighted by Crippen LogP contribution is 2.73. The number of aromatic hydroxyl groups is 1. The first-order valence-corrected chi connectivity index (χ1v) is 9.72. The Bertz CT molecular complexity index is 871. The lowest BCUT2D eigenvalue weighted by molar-refractivity contribution is -0.141. The Kier molecular flexibility index (Phi) is 3.33. The number of halogens is 1. The molecular weight excluding hydrogens is 447 g/mol. The van der Waals surface area contributed by atoms with Crippen LogP contribution in [0.4, 0.5) is 0 Å². The van der Waals surface area contributed by atoms with Crippen LogP contribution in [0, 0.1) is 32.7 Å². The first kappa shape index (κ1) is 16.3. The van der Waals surface area contributed by atoms with E-state index < -0.39 is 0 Å². The summed E-state index contributed by atoms with van der Waals surface area (Å²) in [6.45, 7) is 0. The third-order valence-electron chi connectivity index (χ3n) is 6.42. The standard InChI is InChI=1S/C19H17IN2O4/c1-26-13-7-9(6-12(20)16(13)23)8-21-22-17(24)14-10-2-3-11(15(14)18(22)25)19(10)4-5-19/h2-3,6-8,10-11,14-15,23H,4-5H2,1H3/b21-8-/t10-,11-,14-,15+/m1/s1. The Morgan fingerprint density at radius 2 is 1.85 bits per heavy atom. The lowest BCUT2D eigenvalue weighted by atomic mass is 9.85. The molecule has 2 amide bonds. The van der Waals surface area contributed by atoms with E-state index >= 15 is 0 Å². The van der Waals surface area contributed by atoms with Crippen LogP contribution in [0.15, 0.2) is 29.4 Å². The van der Waals surface area contributed by atoms with Crippen molar-refractivity contribution in [1.82, 2.24) is 5.01 Å². The van der Waals surface area contributed by atoms with Gasteiger partial charge in [-0.2, -0.15) is 10.1 Å². The molecular formula is C19H17IN2O4. The molecule has 7 heteroatoms. The lowest BCUT2D eigenvalue weighted by Gasteiger charge is -2.18. The van der Waals surface area contributed by atoms with Crippen LogP contribution in [-0.2, 0) is 9.59 Å². The number of methoxy groups -OCH3 is 1. The lowest BCUT2D eigenvalue weighted by Crippen LogP contribution is -2.30. The van der Waals surface area contributed by atoms with E-state index in [-0.39, 0.29) is 46.7 Å². The average molecular weight is 464 g/mol. The molecule has 1 saturated heterocycles. The molecule has 4 aliphatic rings. The maximum absolute atomic E-state index is 12.9. The van der Waals surface area contributed by atoms with Crippen molar-refractivity contribution in [2.24, 2.45) is 34.2 Å². The molecule has 1 aliphatic heterocycles. The quantitative estimate of drug-likeness (QED) is 0.323. The number of nitrogens with zero attached hydrogens (tertiary/aromatic N) is 2. The van der Waals surface area contributed by atoms with Gasteiger partial charge in [-0.1, -0.05) is 12.2 Å². The zero-order chi connectivity index (χ0) is 18.2. The predicted octanol–water partition coefficient (Wildman–Crippen LogP) is 2.54. The molecule has 0 unspecified atom stereocenters. The molecule has 1 aromatic rings. The van der Waals surface area contributed by atoms with Crippen LogP contribution in [0.3, 0.4) is 0 Å². The molecule has 0 radical (unpaired) electrons. The summed E-state index contributed by atoms with van der Waals surface area (Å²) in [7, 11) is 1.47. The number of rotatable bonds is 3. The number of phenols is 1. The van der Waals surface area contributed by atoms with E-state index in [9.17, 15) is 14.7 Å². The van der Waals surface area contributed by atoms with E-state index in [0.717, 1.165) is 17.9 Å². The van der Waals surface area contributed by atoms with E-state index in [2.05, 4.69) is 17.3 Å². The molecule has 26 heavy (non-hydrogen) atoms. The van der Waals surface area contributed by atoms with E-state index in [0.29, 0.717) is 14.9 Å². The van der Waals surface area contributed by atoms with Gasteiger partial charge in [-0.25, -0.2) is 0 Å². The van der Waals surface area contributed by atoms with E-state index in [1.54, 1.807) is 12.1 Å². The second kappa shape index (κ2) is 5.31. The fourth-order valence-corrected chi connectivity index (χ4v) is 5.75. The molecule has 1 heterocycles. The minimum atomic E-state index is -0.244. The SMILES string of the molecule is COc1cc(/C=N\N2C(=O)[C@@H]3[C@H](C2=O)[C@H]2C=C[C@H]3C23CC3)cc(I)c1O. The first-order chi connectivity index (χ1) is 12.5. The molecule has 134 valence electrons. The molecule has 3 aliphatic carbocycles. The van der Waals surface area contributed by atoms with Gasteiger partial charge in [0.15, 0.2) is 11.5 Å². The Balaban J connectivity index is 1.43. The summed E-state index contributed by atoms with van der Waals surface area (Å²) in [6, 6.07) is 3.34. The summed E-state index contributed by atoms with van der Waals surface area (Å²) < 4.78 is 5.74. The van der Waals surface area contributed by atoms with Gasteiger partial charge < -0.3 is 9.84 Å². The zero-order valence-corrected chi connectivity index (χ0v) is 16.2. The van der Waals surface area contributed by atoms with Gasteiger partial charge in [-0.15, -0.1) is 0 Å². The minimum Gasteiger partial charge on any atom is -0.504 e. The van der Waals surface area contributed by atoms with Crippen molar-refractivity contribution in [3.8, 4) is 11.5 Å². The molecule has 4 atom stereocenters. The van der Waals surface area contributed by atoms with E-state index in [1.807, 2.05) is 22.6 Å². The van der Waals surface area contributed by atoms with Crippen molar-refractivity contribution in [2.75, 3.05) is 7.11 Å². The summed E-state index contributed by atoms with van der Waals surface area (Å²) in [5.74, 6) is -0.0663. The van der Waals surface area contributed by atoms with Crippen LogP contribution in [0.25, 0.3) is 0 Å². The van der Waals surface area contributed by atoms with Gasteiger partial charge in [0.1, 0.15) is 0 Å². The number of carbonyl (C=O) groups is 2. The topological polar surface area (TPSA) is 79.2 Å². The summed E-state index contributed by atoms with van der Waals surface area (Å²) in [5.41, 5.74) is 0.846. The van der Waals surface area contributed by atoms with Gasteiger partial charge >= 0.3 is 0 Å². The Morgan fingerprint density at radius 1 is 1.23 bits per heavy atom. The van der Waals surface area contributed by atoms with Crippen molar-refractivity contribution >= 4 is 40.6 Å². The Labute approximate surface area is 164 Å². The first-order valence-electron chi connectivity index (χ1n) is 8.64. The van der Waals surface area contributed by atoms with Crippen LogP contribution in [0.5, 0.6) is 11.5 Å². The normalized spacial score (nSPS) is 32.9. The van der Waals surface area contributed by atoms with Gasteiger partial charge in [0.25, 0.3) is 11.8 Å². The van der Waals surface area contributed by atoms with Crippen LogP contribution < -0.4 is 4.74 Å². The number of imide groups is 1. The Morgan fingerprint density at radius 3 is 2.38 bits per heavy atom. The predicted molar refractivity (Wildman–Crippen MR) is 102 cm³/mol. The largest absolute Gasteiger partial charge is 0.504 e. The number of hydrazone groups is 1. The number of carbonyl (C=O) groups excluding carboxylic acids is 2. The summed E-state index contributed by atoms with van der Waals surface area (Å²) >= 11 is 1.99. The molecule has 3 fully saturated rings. The third kappa shape index (κ3) is 1.95. The van der Waals surface area contributed by atoms with Crippen molar-refractivity contribution < 1.29 is 19.4 Å². The fourth-order valence-electron chi connectivity index (χ4n) is 5.12. The molecule has 1 N–H and O–H groups in total. The second-order valence-corrected chi connectivity index (χ2v) is 8.67. The number of ether oxygens (including phenoxy) is 1. The summed E-state index contributed by atoms with van der Waals surface area (Å²) in [6.07, 6.45) is 8.01. The third-order valence-corrected chi connectivity index (χ3v) is 7.24. The molecule has 2 bridgehead atoms. The number of amides is 2. The molecule has 5 rings (SSSR count). The van der Waals surface area contributed by atoms with Crippen LogP contribution in [0.2, 0.25) is 0 Å². The summed E-state index contributed by atoms with van der Waals surface area (Å²) in [5, 5.41) is 15.1. The maximum atomic E-state index is 12.9. The minimum absolute atomic E-state index is 0.0606. The smallest absolute Gasteiger partial charge is 0.254 e. The zero-order valence-electron chi connectivity index (χ0n) is 14.1. The van der Waals surface area contributed by atoms with Gasteiger partial charge in [0, 0.05) is 0 Å². The number of benzene rings is 1. The summed E-state index contributed by atoms with van der Waals surface area (Å²) in [4.78, 5) is 25.7. The second-order valence-electron chi connectivity index (χ2n) is 7.51.